The summed E-state index contributed by atoms with van der Waals surface area (Å²) in [7, 11) is 0. The molecule has 6 nitrogen and oxygen atoms in total. The zero-order valence-electron chi connectivity index (χ0n) is 39.9. The molecular formula is C55H94O6. The molecule has 0 aromatic rings. The summed E-state index contributed by atoms with van der Waals surface area (Å²) in [4.78, 5) is 37.9. The molecule has 0 aliphatic carbocycles. The van der Waals surface area contributed by atoms with Gasteiger partial charge in [-0.25, -0.2) is 0 Å². The van der Waals surface area contributed by atoms with E-state index in [4.69, 9.17) is 14.2 Å². The first-order chi connectivity index (χ1) is 30.0. The molecule has 0 saturated carbocycles. The molecule has 61 heavy (non-hydrogen) atoms. The van der Waals surface area contributed by atoms with Crippen molar-refractivity contribution >= 4 is 17.9 Å². The van der Waals surface area contributed by atoms with Gasteiger partial charge >= 0.3 is 17.9 Å². The van der Waals surface area contributed by atoms with Crippen molar-refractivity contribution in [2.45, 2.75) is 245 Å². The molecule has 0 spiro atoms. The fourth-order valence-corrected chi connectivity index (χ4v) is 6.89. The minimum Gasteiger partial charge on any atom is -0.462 e. The Kier molecular flexibility index (Phi) is 46.9. The summed E-state index contributed by atoms with van der Waals surface area (Å²) in [6.07, 6.45) is 61.7. The van der Waals surface area contributed by atoms with Crippen LogP contribution in [0.25, 0.3) is 0 Å². The molecule has 0 aromatic heterocycles. The Balaban J connectivity index is 4.36. The average Bonchev–Trinajstić information content (AvgIpc) is 3.26. The topological polar surface area (TPSA) is 78.9 Å². The molecule has 0 N–H and O–H groups in total. The standard InChI is InChI=1S/C55H94O6/c1-4-7-10-13-16-19-21-23-25-26-27-28-30-31-33-36-39-42-45-48-54(57)60-51-52(50-59-53(56)47-44-41-38-35-18-15-12-9-6-3)61-55(58)49-46-43-40-37-34-32-29-24-22-20-17-14-11-8-5-2/h7,10,16-17,19-20,22-25,27-28,52H,4-6,8-9,11-15,18,21,26,29-51H2,1-3H3/b10-7-,19-16-,20-17-,24-22-,25-23-,28-27-. The summed E-state index contributed by atoms with van der Waals surface area (Å²) in [5.41, 5.74) is 0. The number of esters is 3. The van der Waals surface area contributed by atoms with Crippen molar-refractivity contribution in [2.75, 3.05) is 13.2 Å². The van der Waals surface area contributed by atoms with E-state index in [1.807, 2.05) is 0 Å². The summed E-state index contributed by atoms with van der Waals surface area (Å²) in [5, 5.41) is 0. The number of carbonyl (C=O) groups is 3. The molecule has 6 heteroatoms. The zero-order valence-corrected chi connectivity index (χ0v) is 39.9. The minimum atomic E-state index is -0.784. The molecule has 0 fully saturated rings. The lowest BCUT2D eigenvalue weighted by atomic mass is 10.1. The molecule has 0 aromatic carbocycles. The molecular weight excluding hydrogens is 757 g/mol. The van der Waals surface area contributed by atoms with Gasteiger partial charge in [-0.15, -0.1) is 0 Å². The van der Waals surface area contributed by atoms with Crippen LogP contribution in [-0.2, 0) is 28.6 Å². The Morgan fingerprint density at radius 2 is 0.689 bits per heavy atom. The number of carbonyl (C=O) groups excluding carboxylic acids is 3. The predicted molar refractivity (Wildman–Crippen MR) is 261 cm³/mol. The molecule has 0 saturated heterocycles. The molecule has 0 bridgehead atoms. The van der Waals surface area contributed by atoms with Crippen LogP contribution in [0.15, 0.2) is 72.9 Å². The Morgan fingerprint density at radius 1 is 0.361 bits per heavy atom. The van der Waals surface area contributed by atoms with Crippen molar-refractivity contribution in [3.63, 3.8) is 0 Å². The Hall–Kier alpha value is -3.15. The van der Waals surface area contributed by atoms with Crippen LogP contribution in [0.5, 0.6) is 0 Å². The third-order valence-electron chi connectivity index (χ3n) is 10.7. The van der Waals surface area contributed by atoms with Gasteiger partial charge in [0, 0.05) is 19.3 Å². The van der Waals surface area contributed by atoms with E-state index in [1.165, 1.54) is 96.3 Å². The van der Waals surface area contributed by atoms with Crippen molar-refractivity contribution in [3.8, 4) is 0 Å². The smallest absolute Gasteiger partial charge is 0.306 e. The number of unbranched alkanes of at least 4 members (excludes halogenated alkanes) is 23. The van der Waals surface area contributed by atoms with Crippen LogP contribution in [0, 0.1) is 0 Å². The van der Waals surface area contributed by atoms with Gasteiger partial charge in [0.25, 0.3) is 0 Å². The summed E-state index contributed by atoms with van der Waals surface area (Å²) in [6.45, 7) is 6.45. The maximum absolute atomic E-state index is 12.8. The first-order valence-electron chi connectivity index (χ1n) is 25.5. The quantitative estimate of drug-likeness (QED) is 0.0200. The fraction of sp³-hybridized carbons (Fsp3) is 0.727. The maximum atomic E-state index is 12.8. The summed E-state index contributed by atoms with van der Waals surface area (Å²) >= 11 is 0. The van der Waals surface area contributed by atoms with Gasteiger partial charge in [-0.05, 0) is 83.5 Å². The van der Waals surface area contributed by atoms with E-state index in [0.717, 1.165) is 103 Å². The molecule has 0 heterocycles. The number of hydrogen-bond acceptors (Lipinski definition) is 6. The van der Waals surface area contributed by atoms with Gasteiger partial charge in [0.05, 0.1) is 0 Å². The highest BCUT2D eigenvalue weighted by Crippen LogP contribution is 2.14. The largest absolute Gasteiger partial charge is 0.462 e. The van der Waals surface area contributed by atoms with Gasteiger partial charge in [-0.2, -0.15) is 0 Å². The van der Waals surface area contributed by atoms with E-state index >= 15 is 0 Å². The molecule has 0 rings (SSSR count). The van der Waals surface area contributed by atoms with Crippen LogP contribution in [0.3, 0.4) is 0 Å². The second-order valence-corrected chi connectivity index (χ2v) is 16.7. The number of ether oxygens (including phenoxy) is 3. The molecule has 0 radical (unpaired) electrons. The van der Waals surface area contributed by atoms with Gasteiger partial charge in [0.1, 0.15) is 13.2 Å². The zero-order chi connectivity index (χ0) is 44.4. The molecule has 0 amide bonds. The maximum Gasteiger partial charge on any atom is 0.306 e. The predicted octanol–water partition coefficient (Wildman–Crippen LogP) is 16.6. The average molecular weight is 851 g/mol. The highest BCUT2D eigenvalue weighted by molar-refractivity contribution is 5.71. The minimum absolute atomic E-state index is 0.0840. The fourth-order valence-electron chi connectivity index (χ4n) is 6.89. The van der Waals surface area contributed by atoms with E-state index in [2.05, 4.69) is 93.7 Å². The van der Waals surface area contributed by atoms with Crippen LogP contribution in [0.2, 0.25) is 0 Å². The highest BCUT2D eigenvalue weighted by Gasteiger charge is 2.19. The molecule has 1 unspecified atom stereocenters. The number of hydrogen-bond donors (Lipinski definition) is 0. The Bertz CT molecular complexity index is 1160. The van der Waals surface area contributed by atoms with Gasteiger partial charge in [-0.3, -0.25) is 14.4 Å². The van der Waals surface area contributed by atoms with E-state index < -0.39 is 6.10 Å². The number of allylic oxidation sites excluding steroid dienone is 12. The summed E-state index contributed by atoms with van der Waals surface area (Å²) < 4.78 is 16.7. The normalized spacial score (nSPS) is 12.6. The monoisotopic (exact) mass is 851 g/mol. The molecule has 350 valence electrons. The van der Waals surface area contributed by atoms with Crippen molar-refractivity contribution in [2.24, 2.45) is 0 Å². The highest BCUT2D eigenvalue weighted by atomic mass is 16.6. The van der Waals surface area contributed by atoms with Crippen molar-refractivity contribution in [3.05, 3.63) is 72.9 Å². The summed E-state index contributed by atoms with van der Waals surface area (Å²) in [5.74, 6) is -0.912. The molecule has 0 aliphatic rings. The lowest BCUT2D eigenvalue weighted by Crippen LogP contribution is -2.30. The lowest BCUT2D eigenvalue weighted by Gasteiger charge is -2.18. The van der Waals surface area contributed by atoms with E-state index in [9.17, 15) is 14.4 Å². The van der Waals surface area contributed by atoms with Gasteiger partial charge in [0.2, 0.25) is 0 Å². The first-order valence-corrected chi connectivity index (χ1v) is 25.5. The lowest BCUT2D eigenvalue weighted by molar-refractivity contribution is -0.167. The van der Waals surface area contributed by atoms with Crippen LogP contribution in [0.1, 0.15) is 239 Å². The van der Waals surface area contributed by atoms with E-state index in [-0.39, 0.29) is 31.1 Å². The van der Waals surface area contributed by atoms with Crippen LogP contribution in [-0.4, -0.2) is 37.2 Å². The summed E-state index contributed by atoms with van der Waals surface area (Å²) in [6, 6.07) is 0. The van der Waals surface area contributed by atoms with Crippen LogP contribution >= 0.6 is 0 Å². The Labute approximate surface area is 376 Å². The Morgan fingerprint density at radius 3 is 1.13 bits per heavy atom. The molecule has 1 atom stereocenters. The van der Waals surface area contributed by atoms with Gasteiger partial charge in [-0.1, -0.05) is 209 Å². The van der Waals surface area contributed by atoms with Crippen molar-refractivity contribution < 1.29 is 28.6 Å². The van der Waals surface area contributed by atoms with Gasteiger partial charge in [0.15, 0.2) is 6.10 Å². The SMILES string of the molecule is CC/C=C\C/C=C\C/C=C\C/C=C\CCCCCCCCC(=O)OCC(COC(=O)CCCCCCCCCCC)OC(=O)CCCCCCCC/C=C\C=C/CCCCC. The molecule has 0 aliphatic heterocycles. The third-order valence-corrected chi connectivity index (χ3v) is 10.7. The van der Waals surface area contributed by atoms with E-state index in [1.54, 1.807) is 0 Å². The van der Waals surface area contributed by atoms with Crippen molar-refractivity contribution in [1.82, 2.24) is 0 Å². The van der Waals surface area contributed by atoms with Gasteiger partial charge < -0.3 is 14.2 Å². The van der Waals surface area contributed by atoms with Crippen LogP contribution < -0.4 is 0 Å². The second kappa shape index (κ2) is 49.5. The number of rotatable bonds is 45. The first kappa shape index (κ1) is 57.9. The van der Waals surface area contributed by atoms with Crippen molar-refractivity contribution in [1.29, 1.82) is 0 Å². The van der Waals surface area contributed by atoms with Crippen LogP contribution in [0.4, 0.5) is 0 Å². The van der Waals surface area contributed by atoms with E-state index in [0.29, 0.717) is 19.3 Å². The second-order valence-electron chi connectivity index (χ2n) is 16.7. The third kappa shape index (κ3) is 47.7.